The molecule has 0 saturated carbocycles. The molecule has 0 aliphatic carbocycles. The Balaban J connectivity index is 1.42. The van der Waals surface area contributed by atoms with E-state index in [-0.39, 0.29) is 5.69 Å². The standard InChI is InChI=1S/C18H16F3N5O3S/c19-18(20,21)12-3-4-13(14(10-12)26(27)28)25-7-5-24(6-8-25)11-16-22-23-17(29-16)15-2-1-9-30-15/h1-4,9-10H,5-8,11H2. The molecule has 0 unspecified atom stereocenters. The summed E-state index contributed by atoms with van der Waals surface area (Å²) in [4.78, 5) is 15.2. The van der Waals surface area contributed by atoms with E-state index in [9.17, 15) is 23.3 Å². The van der Waals surface area contributed by atoms with Crippen LogP contribution < -0.4 is 4.90 Å². The average Bonchev–Trinajstić information content (AvgIpc) is 3.39. The molecule has 2 aromatic heterocycles. The number of nitro groups is 1. The number of hydrogen-bond acceptors (Lipinski definition) is 8. The topological polar surface area (TPSA) is 88.5 Å². The van der Waals surface area contributed by atoms with E-state index >= 15 is 0 Å². The lowest BCUT2D eigenvalue weighted by atomic mass is 10.1. The summed E-state index contributed by atoms with van der Waals surface area (Å²) in [5.74, 6) is 0.923. The minimum absolute atomic E-state index is 0.186. The van der Waals surface area contributed by atoms with E-state index in [0.717, 1.165) is 10.9 Å². The van der Waals surface area contributed by atoms with Gasteiger partial charge in [0.1, 0.15) is 5.69 Å². The second-order valence-electron chi connectivity index (χ2n) is 6.70. The van der Waals surface area contributed by atoms with Crippen LogP contribution in [-0.2, 0) is 12.7 Å². The minimum Gasteiger partial charge on any atom is -0.419 e. The molecule has 0 amide bonds. The molecular weight excluding hydrogens is 423 g/mol. The molecule has 0 bridgehead atoms. The van der Waals surface area contributed by atoms with Crippen LogP contribution in [0, 0.1) is 10.1 Å². The molecule has 4 rings (SSSR count). The van der Waals surface area contributed by atoms with Gasteiger partial charge in [-0.05, 0) is 23.6 Å². The molecule has 3 heterocycles. The lowest BCUT2D eigenvalue weighted by molar-refractivity contribution is -0.384. The molecule has 3 aromatic rings. The zero-order valence-electron chi connectivity index (χ0n) is 15.5. The Morgan fingerprint density at radius 3 is 2.57 bits per heavy atom. The van der Waals surface area contributed by atoms with Crippen LogP contribution in [-0.4, -0.2) is 46.2 Å². The quantitative estimate of drug-likeness (QED) is 0.438. The molecule has 1 aromatic carbocycles. The number of aromatic nitrogens is 2. The Morgan fingerprint density at radius 2 is 1.93 bits per heavy atom. The second kappa shape index (κ2) is 8.03. The molecule has 30 heavy (non-hydrogen) atoms. The number of thiophene rings is 1. The van der Waals surface area contributed by atoms with Crippen molar-refractivity contribution in [3.63, 3.8) is 0 Å². The van der Waals surface area contributed by atoms with Crippen LogP contribution >= 0.6 is 11.3 Å². The minimum atomic E-state index is -4.63. The van der Waals surface area contributed by atoms with Gasteiger partial charge in [0, 0.05) is 32.2 Å². The van der Waals surface area contributed by atoms with Gasteiger partial charge in [-0.3, -0.25) is 15.0 Å². The summed E-state index contributed by atoms with van der Waals surface area (Å²) in [6.07, 6.45) is -4.63. The molecule has 0 atom stereocenters. The Hall–Kier alpha value is -2.99. The van der Waals surface area contributed by atoms with Gasteiger partial charge in [0.2, 0.25) is 5.89 Å². The van der Waals surface area contributed by atoms with Crippen LogP contribution in [0.25, 0.3) is 10.8 Å². The van der Waals surface area contributed by atoms with Crippen molar-refractivity contribution in [1.82, 2.24) is 15.1 Å². The summed E-state index contributed by atoms with van der Waals surface area (Å²) < 4.78 is 44.4. The lowest BCUT2D eigenvalue weighted by Gasteiger charge is -2.35. The Labute approximate surface area is 172 Å². The average molecular weight is 439 g/mol. The van der Waals surface area contributed by atoms with E-state index in [2.05, 4.69) is 15.1 Å². The van der Waals surface area contributed by atoms with E-state index in [1.807, 2.05) is 17.5 Å². The number of halogens is 3. The Kier molecular flexibility index (Phi) is 5.43. The maximum Gasteiger partial charge on any atom is 0.416 e. The lowest BCUT2D eigenvalue weighted by Crippen LogP contribution is -2.46. The summed E-state index contributed by atoms with van der Waals surface area (Å²) in [6, 6.07) is 6.41. The molecule has 12 heteroatoms. The van der Waals surface area contributed by atoms with Crippen LogP contribution in [0.5, 0.6) is 0 Å². The number of anilines is 1. The third-order valence-corrected chi connectivity index (χ3v) is 5.63. The molecule has 1 aliphatic rings. The highest BCUT2D eigenvalue weighted by Crippen LogP contribution is 2.36. The number of nitro benzene ring substituents is 1. The van der Waals surface area contributed by atoms with Gasteiger partial charge in [-0.2, -0.15) is 13.2 Å². The molecule has 8 nitrogen and oxygen atoms in total. The smallest absolute Gasteiger partial charge is 0.416 e. The fourth-order valence-corrected chi connectivity index (χ4v) is 3.91. The molecular formula is C18H16F3N5O3S. The highest BCUT2D eigenvalue weighted by Gasteiger charge is 2.34. The van der Waals surface area contributed by atoms with Crippen molar-refractivity contribution in [3.05, 3.63) is 57.3 Å². The number of piperazine rings is 1. The van der Waals surface area contributed by atoms with Crippen molar-refractivity contribution in [2.24, 2.45) is 0 Å². The monoisotopic (exact) mass is 439 g/mol. The zero-order chi connectivity index (χ0) is 21.3. The highest BCUT2D eigenvalue weighted by atomic mass is 32.1. The Morgan fingerprint density at radius 1 is 1.17 bits per heavy atom. The van der Waals surface area contributed by atoms with Gasteiger partial charge in [-0.25, -0.2) is 0 Å². The van der Waals surface area contributed by atoms with Crippen molar-refractivity contribution in [2.75, 3.05) is 31.1 Å². The maximum absolute atomic E-state index is 12.9. The highest BCUT2D eigenvalue weighted by molar-refractivity contribution is 7.13. The van der Waals surface area contributed by atoms with Crippen molar-refractivity contribution >= 4 is 22.7 Å². The molecule has 0 N–H and O–H groups in total. The van der Waals surface area contributed by atoms with Crippen LogP contribution in [0.1, 0.15) is 11.5 Å². The van der Waals surface area contributed by atoms with Gasteiger partial charge in [0.05, 0.1) is 21.9 Å². The predicted octanol–water partition coefficient (Wildman–Crippen LogP) is 4.05. The third kappa shape index (κ3) is 4.28. The van der Waals surface area contributed by atoms with E-state index in [0.29, 0.717) is 50.6 Å². The van der Waals surface area contributed by atoms with Gasteiger partial charge < -0.3 is 9.32 Å². The van der Waals surface area contributed by atoms with E-state index < -0.39 is 22.4 Å². The van der Waals surface area contributed by atoms with Gasteiger partial charge in [0.15, 0.2) is 0 Å². The first kappa shape index (κ1) is 20.3. The number of alkyl halides is 3. The summed E-state index contributed by atoms with van der Waals surface area (Å²) in [6.45, 7) is 2.39. The number of benzene rings is 1. The van der Waals surface area contributed by atoms with Gasteiger partial charge in [0.25, 0.3) is 11.6 Å². The van der Waals surface area contributed by atoms with E-state index in [4.69, 9.17) is 4.42 Å². The predicted molar refractivity (Wildman–Crippen MR) is 103 cm³/mol. The van der Waals surface area contributed by atoms with Crippen LogP contribution in [0.15, 0.2) is 40.1 Å². The summed E-state index contributed by atoms with van der Waals surface area (Å²) in [7, 11) is 0. The molecule has 0 spiro atoms. The third-order valence-electron chi connectivity index (χ3n) is 4.77. The largest absolute Gasteiger partial charge is 0.419 e. The van der Waals surface area contributed by atoms with Crippen molar-refractivity contribution in [1.29, 1.82) is 0 Å². The SMILES string of the molecule is O=[N+]([O-])c1cc(C(F)(F)F)ccc1N1CCN(Cc2nnc(-c3cccs3)o2)CC1. The summed E-state index contributed by atoms with van der Waals surface area (Å²) in [5, 5.41) is 21.3. The molecule has 1 aliphatic heterocycles. The second-order valence-corrected chi connectivity index (χ2v) is 7.65. The Bertz CT molecular complexity index is 1030. The van der Waals surface area contributed by atoms with Gasteiger partial charge in [-0.15, -0.1) is 21.5 Å². The first-order chi connectivity index (χ1) is 14.3. The number of hydrogen-bond donors (Lipinski definition) is 0. The van der Waals surface area contributed by atoms with E-state index in [1.165, 1.54) is 17.4 Å². The van der Waals surface area contributed by atoms with Gasteiger partial charge >= 0.3 is 6.18 Å². The van der Waals surface area contributed by atoms with Crippen LogP contribution in [0.3, 0.4) is 0 Å². The van der Waals surface area contributed by atoms with E-state index in [1.54, 1.807) is 4.90 Å². The summed E-state index contributed by atoms with van der Waals surface area (Å²) in [5.41, 5.74) is -1.39. The molecule has 158 valence electrons. The fourth-order valence-electron chi connectivity index (χ4n) is 3.27. The van der Waals surface area contributed by atoms with Crippen LogP contribution in [0.2, 0.25) is 0 Å². The molecule has 1 fully saturated rings. The van der Waals surface area contributed by atoms with Crippen molar-refractivity contribution in [2.45, 2.75) is 12.7 Å². The zero-order valence-corrected chi connectivity index (χ0v) is 16.3. The fraction of sp³-hybridized carbons (Fsp3) is 0.333. The van der Waals surface area contributed by atoms with Gasteiger partial charge in [-0.1, -0.05) is 6.07 Å². The van der Waals surface area contributed by atoms with Crippen molar-refractivity contribution in [3.8, 4) is 10.8 Å². The first-order valence-corrected chi connectivity index (χ1v) is 9.88. The first-order valence-electron chi connectivity index (χ1n) is 9.00. The maximum atomic E-state index is 12.9. The van der Waals surface area contributed by atoms with Crippen molar-refractivity contribution < 1.29 is 22.5 Å². The number of nitrogens with zero attached hydrogens (tertiary/aromatic N) is 5. The van der Waals surface area contributed by atoms with Crippen LogP contribution in [0.4, 0.5) is 24.5 Å². The molecule has 0 radical (unpaired) electrons. The molecule has 1 saturated heterocycles. The number of rotatable bonds is 5. The normalized spacial score (nSPS) is 15.5. The summed E-state index contributed by atoms with van der Waals surface area (Å²) >= 11 is 1.50.